The fourth-order valence-corrected chi connectivity index (χ4v) is 8.48. The number of hydrogen-bond acceptors (Lipinski definition) is 4. The van der Waals surface area contributed by atoms with Gasteiger partial charge in [0.2, 0.25) is 0 Å². The highest BCUT2D eigenvalue weighted by Crippen LogP contribution is 2.66. The molecule has 174 valence electrons. The molecule has 4 fully saturated rings. The number of carbonyl (C=O) groups excluding carboxylic acids is 2. The van der Waals surface area contributed by atoms with E-state index in [9.17, 15) is 9.59 Å². The summed E-state index contributed by atoms with van der Waals surface area (Å²) in [7, 11) is 0. The first-order valence-corrected chi connectivity index (χ1v) is 12.7. The molecule has 0 amide bonds. The van der Waals surface area contributed by atoms with Crippen molar-refractivity contribution in [2.75, 3.05) is 0 Å². The van der Waals surface area contributed by atoms with E-state index in [2.05, 4.69) is 13.8 Å². The molecule has 4 heteroatoms. The lowest BCUT2D eigenvalue weighted by atomic mass is 9.45. The lowest BCUT2D eigenvalue weighted by Gasteiger charge is -2.60. The summed E-state index contributed by atoms with van der Waals surface area (Å²) in [4.78, 5) is 24.3. The molecular weight excluding hydrogens is 400 g/mol. The third-order valence-electron chi connectivity index (χ3n) is 10.1. The second kappa shape index (κ2) is 8.18. The summed E-state index contributed by atoms with van der Waals surface area (Å²) in [5.74, 6) is 2.50. The zero-order chi connectivity index (χ0) is 22.5. The number of carbonyl (C=O) groups is 2. The monoisotopic (exact) mass is 438 g/mol. The van der Waals surface area contributed by atoms with Gasteiger partial charge < -0.3 is 9.47 Å². The molecule has 4 saturated carbocycles. The largest absolute Gasteiger partial charge is 0.463 e. The van der Waals surface area contributed by atoms with Gasteiger partial charge in [0, 0.05) is 12.3 Å². The van der Waals surface area contributed by atoms with Crippen molar-refractivity contribution in [3.63, 3.8) is 0 Å². The van der Waals surface area contributed by atoms with Crippen LogP contribution in [0.5, 0.6) is 0 Å². The Hall–Kier alpha value is -1.84. The lowest BCUT2D eigenvalue weighted by molar-refractivity contribution is -0.161. The molecule has 0 unspecified atom stereocenters. The van der Waals surface area contributed by atoms with Crippen molar-refractivity contribution in [2.45, 2.75) is 90.8 Å². The van der Waals surface area contributed by atoms with Crippen LogP contribution in [-0.2, 0) is 14.3 Å². The Morgan fingerprint density at radius 3 is 2.31 bits per heavy atom. The van der Waals surface area contributed by atoms with Crippen molar-refractivity contribution in [1.82, 2.24) is 0 Å². The number of fused-ring (bicyclic) bond motifs is 5. The van der Waals surface area contributed by atoms with Gasteiger partial charge >= 0.3 is 11.9 Å². The van der Waals surface area contributed by atoms with Gasteiger partial charge in [-0.3, -0.25) is 4.79 Å². The number of esters is 2. The summed E-state index contributed by atoms with van der Waals surface area (Å²) < 4.78 is 11.8. The average molecular weight is 439 g/mol. The number of rotatable bonds is 3. The normalized spacial score (nSPS) is 42.8. The Kier molecular flexibility index (Phi) is 5.62. The molecule has 5 rings (SSSR count). The van der Waals surface area contributed by atoms with Crippen LogP contribution in [-0.4, -0.2) is 24.1 Å². The second-order valence-corrected chi connectivity index (χ2v) is 11.5. The summed E-state index contributed by atoms with van der Waals surface area (Å²) in [6.45, 7) is 6.46. The third kappa shape index (κ3) is 3.58. The van der Waals surface area contributed by atoms with E-state index in [1.54, 1.807) is 0 Å². The summed E-state index contributed by atoms with van der Waals surface area (Å²) >= 11 is 0. The summed E-state index contributed by atoms with van der Waals surface area (Å²) in [6.07, 6.45) is 10.5. The third-order valence-corrected chi connectivity index (χ3v) is 10.1. The molecule has 0 bridgehead atoms. The Morgan fingerprint density at radius 1 is 0.844 bits per heavy atom. The Bertz CT molecular complexity index is 865. The van der Waals surface area contributed by atoms with Gasteiger partial charge in [0.15, 0.2) is 0 Å². The minimum absolute atomic E-state index is 0.0337. The molecule has 4 aliphatic carbocycles. The van der Waals surface area contributed by atoms with Gasteiger partial charge in [-0.05, 0) is 99.0 Å². The van der Waals surface area contributed by atoms with E-state index in [-0.39, 0.29) is 29.6 Å². The molecule has 4 nitrogen and oxygen atoms in total. The number of benzene rings is 1. The topological polar surface area (TPSA) is 52.6 Å². The van der Waals surface area contributed by atoms with E-state index in [0.717, 1.165) is 37.5 Å². The first-order valence-electron chi connectivity index (χ1n) is 12.7. The highest BCUT2D eigenvalue weighted by atomic mass is 16.5. The Morgan fingerprint density at radius 2 is 1.56 bits per heavy atom. The molecule has 32 heavy (non-hydrogen) atoms. The van der Waals surface area contributed by atoms with Gasteiger partial charge in [-0.25, -0.2) is 4.79 Å². The van der Waals surface area contributed by atoms with Crippen LogP contribution in [0.4, 0.5) is 0 Å². The predicted molar refractivity (Wildman–Crippen MR) is 123 cm³/mol. The Balaban J connectivity index is 1.30. The van der Waals surface area contributed by atoms with Crippen molar-refractivity contribution in [3.8, 4) is 0 Å². The maximum absolute atomic E-state index is 12.8. The quantitative estimate of drug-likeness (QED) is 0.528. The van der Waals surface area contributed by atoms with Gasteiger partial charge in [0.1, 0.15) is 12.2 Å². The standard InChI is InChI=1S/C28H38O4/c1-18(29)31-21-13-15-27(2)20(17-21)9-10-22-23-11-12-25(28(23,3)16-14-24(22)27)32-26(30)19-7-5-4-6-8-19/h4-8,20-25H,9-17H2,1-3H3/t20-,21-,22+,23+,24+,25-,27-,28-/m0/s1. The van der Waals surface area contributed by atoms with Crippen LogP contribution in [0.2, 0.25) is 0 Å². The fourth-order valence-electron chi connectivity index (χ4n) is 8.48. The predicted octanol–water partition coefficient (Wildman–Crippen LogP) is 6.19. The van der Waals surface area contributed by atoms with Crippen LogP contribution in [0.15, 0.2) is 30.3 Å². The molecule has 0 heterocycles. The maximum atomic E-state index is 12.8. The van der Waals surface area contributed by atoms with Gasteiger partial charge in [0.05, 0.1) is 5.56 Å². The zero-order valence-corrected chi connectivity index (χ0v) is 19.8. The molecule has 0 N–H and O–H groups in total. The minimum Gasteiger partial charge on any atom is -0.463 e. The molecule has 1 aromatic carbocycles. The molecule has 0 saturated heterocycles. The molecule has 0 aromatic heterocycles. The maximum Gasteiger partial charge on any atom is 0.338 e. The highest BCUT2D eigenvalue weighted by molar-refractivity contribution is 5.89. The second-order valence-electron chi connectivity index (χ2n) is 11.5. The van der Waals surface area contributed by atoms with Crippen LogP contribution in [0, 0.1) is 34.5 Å². The fraction of sp³-hybridized carbons (Fsp3) is 0.714. The molecule has 0 aliphatic heterocycles. The summed E-state index contributed by atoms with van der Waals surface area (Å²) in [5.41, 5.74) is 1.12. The van der Waals surface area contributed by atoms with Crippen LogP contribution in [0.1, 0.15) is 88.9 Å². The first kappa shape index (κ1) is 22.0. The molecular formula is C28H38O4. The van der Waals surface area contributed by atoms with E-state index >= 15 is 0 Å². The van der Waals surface area contributed by atoms with Crippen LogP contribution in [0.25, 0.3) is 0 Å². The zero-order valence-electron chi connectivity index (χ0n) is 19.8. The average Bonchev–Trinajstić information content (AvgIpc) is 3.10. The van der Waals surface area contributed by atoms with E-state index in [1.165, 1.54) is 39.0 Å². The molecule has 8 atom stereocenters. The van der Waals surface area contributed by atoms with Crippen LogP contribution >= 0.6 is 0 Å². The summed E-state index contributed by atoms with van der Waals surface area (Å²) in [6, 6.07) is 9.43. The molecule has 4 aliphatic rings. The first-order chi connectivity index (χ1) is 15.3. The van der Waals surface area contributed by atoms with Gasteiger partial charge in [-0.15, -0.1) is 0 Å². The van der Waals surface area contributed by atoms with E-state index < -0.39 is 0 Å². The van der Waals surface area contributed by atoms with Crippen LogP contribution in [0.3, 0.4) is 0 Å². The van der Waals surface area contributed by atoms with Crippen molar-refractivity contribution >= 4 is 11.9 Å². The SMILES string of the molecule is CC(=O)O[C@H]1CC[C@@]2(C)[C@@H](CC[C@H]3[C@H]2CC[C@]2(C)[C@@H](OC(=O)c4ccccc4)CC[C@H]32)C1. The van der Waals surface area contributed by atoms with E-state index in [0.29, 0.717) is 22.8 Å². The highest BCUT2D eigenvalue weighted by Gasteiger charge is 2.61. The Labute approximate surface area is 192 Å². The van der Waals surface area contributed by atoms with Crippen molar-refractivity contribution in [1.29, 1.82) is 0 Å². The van der Waals surface area contributed by atoms with Gasteiger partial charge in [-0.1, -0.05) is 32.0 Å². The summed E-state index contributed by atoms with van der Waals surface area (Å²) in [5, 5.41) is 0. The van der Waals surface area contributed by atoms with Crippen molar-refractivity contribution in [2.24, 2.45) is 34.5 Å². The van der Waals surface area contributed by atoms with Gasteiger partial charge in [-0.2, -0.15) is 0 Å². The van der Waals surface area contributed by atoms with Crippen LogP contribution < -0.4 is 0 Å². The van der Waals surface area contributed by atoms with Crippen molar-refractivity contribution in [3.05, 3.63) is 35.9 Å². The van der Waals surface area contributed by atoms with E-state index in [1.807, 2.05) is 30.3 Å². The lowest BCUT2D eigenvalue weighted by Crippen LogP contribution is -2.54. The smallest absolute Gasteiger partial charge is 0.338 e. The number of ether oxygens (including phenoxy) is 2. The van der Waals surface area contributed by atoms with E-state index in [4.69, 9.17) is 9.47 Å². The minimum atomic E-state index is -0.168. The molecule has 1 aromatic rings. The molecule has 0 spiro atoms. The van der Waals surface area contributed by atoms with Gasteiger partial charge in [0.25, 0.3) is 0 Å². The molecule has 0 radical (unpaired) electrons. The van der Waals surface area contributed by atoms with Crippen molar-refractivity contribution < 1.29 is 19.1 Å². The number of hydrogen-bond donors (Lipinski definition) is 0.